The zero-order valence-corrected chi connectivity index (χ0v) is 7.70. The van der Waals surface area contributed by atoms with Gasteiger partial charge in [0.05, 0.1) is 12.7 Å². The number of ether oxygens (including phenoxy) is 1. The molecule has 1 fully saturated rings. The Balaban J connectivity index is 2.03. The zero-order valence-electron chi connectivity index (χ0n) is 7.70. The van der Waals surface area contributed by atoms with Gasteiger partial charge in [0.25, 0.3) is 0 Å². The maximum Gasteiger partial charge on any atom is 0.0813 e. The van der Waals surface area contributed by atoms with Gasteiger partial charge >= 0.3 is 0 Å². The number of hydrogen-bond donors (Lipinski definition) is 0. The van der Waals surface area contributed by atoms with Crippen LogP contribution in [0.4, 0.5) is 0 Å². The summed E-state index contributed by atoms with van der Waals surface area (Å²) in [4.78, 5) is 0. The SMILES string of the molecule is C=Cc1ccccc1CCC1CO1. The number of rotatable bonds is 4. The van der Waals surface area contributed by atoms with Crippen LogP contribution in [0, 0.1) is 0 Å². The van der Waals surface area contributed by atoms with Crippen molar-refractivity contribution in [1.82, 2.24) is 0 Å². The minimum Gasteiger partial charge on any atom is -0.373 e. The molecule has 13 heavy (non-hydrogen) atoms. The third-order valence-corrected chi connectivity index (χ3v) is 2.41. The lowest BCUT2D eigenvalue weighted by Crippen LogP contribution is -1.93. The molecule has 68 valence electrons. The highest BCUT2D eigenvalue weighted by Crippen LogP contribution is 2.19. The summed E-state index contributed by atoms with van der Waals surface area (Å²) in [6.07, 6.45) is 4.69. The normalized spacial score (nSPS) is 19.8. The van der Waals surface area contributed by atoms with Gasteiger partial charge in [-0.25, -0.2) is 0 Å². The summed E-state index contributed by atoms with van der Waals surface area (Å²) in [5.74, 6) is 0. The van der Waals surface area contributed by atoms with Crippen LogP contribution in [0.3, 0.4) is 0 Å². The van der Waals surface area contributed by atoms with Gasteiger partial charge in [0.2, 0.25) is 0 Å². The van der Waals surface area contributed by atoms with Crippen LogP contribution in [-0.4, -0.2) is 12.7 Å². The minimum absolute atomic E-state index is 0.526. The molecule has 0 aromatic heterocycles. The molecule has 0 N–H and O–H groups in total. The Labute approximate surface area is 79.0 Å². The van der Waals surface area contributed by atoms with E-state index in [9.17, 15) is 0 Å². The first kappa shape index (κ1) is 8.52. The molecule has 1 aromatic rings. The number of benzene rings is 1. The molecule has 1 saturated heterocycles. The Bertz CT molecular complexity index is 300. The van der Waals surface area contributed by atoms with Crippen molar-refractivity contribution in [3.05, 3.63) is 42.0 Å². The second-order valence-electron chi connectivity index (χ2n) is 3.40. The van der Waals surface area contributed by atoms with Gasteiger partial charge < -0.3 is 4.74 Å². The summed E-state index contributed by atoms with van der Waals surface area (Å²) in [7, 11) is 0. The van der Waals surface area contributed by atoms with Crippen molar-refractivity contribution in [2.45, 2.75) is 18.9 Å². The number of hydrogen-bond acceptors (Lipinski definition) is 1. The van der Waals surface area contributed by atoms with E-state index in [1.165, 1.54) is 11.1 Å². The Morgan fingerprint density at radius 2 is 2.23 bits per heavy atom. The lowest BCUT2D eigenvalue weighted by Gasteiger charge is -2.03. The molecule has 1 aliphatic rings. The van der Waals surface area contributed by atoms with E-state index in [1.54, 1.807) is 0 Å². The molecule has 0 aliphatic carbocycles. The monoisotopic (exact) mass is 174 g/mol. The van der Waals surface area contributed by atoms with Crippen molar-refractivity contribution >= 4 is 6.08 Å². The molecule has 0 radical (unpaired) electrons. The third kappa shape index (κ3) is 2.19. The topological polar surface area (TPSA) is 12.5 Å². The fraction of sp³-hybridized carbons (Fsp3) is 0.333. The van der Waals surface area contributed by atoms with Crippen molar-refractivity contribution in [3.63, 3.8) is 0 Å². The zero-order chi connectivity index (χ0) is 9.10. The molecule has 1 aliphatic heterocycles. The summed E-state index contributed by atoms with van der Waals surface area (Å²) in [5, 5.41) is 0. The lowest BCUT2D eigenvalue weighted by molar-refractivity contribution is 0.397. The van der Waals surface area contributed by atoms with Crippen LogP contribution >= 0.6 is 0 Å². The predicted octanol–water partition coefficient (Wildman–Crippen LogP) is 2.66. The van der Waals surface area contributed by atoms with Crippen LogP contribution in [0.25, 0.3) is 6.08 Å². The molecule has 0 amide bonds. The van der Waals surface area contributed by atoms with Crippen LogP contribution in [0.1, 0.15) is 17.5 Å². The van der Waals surface area contributed by atoms with E-state index >= 15 is 0 Å². The third-order valence-electron chi connectivity index (χ3n) is 2.41. The molecule has 0 bridgehead atoms. The highest BCUT2D eigenvalue weighted by atomic mass is 16.6. The highest BCUT2D eigenvalue weighted by molar-refractivity contribution is 5.51. The number of aryl methyl sites for hydroxylation is 1. The van der Waals surface area contributed by atoms with Gasteiger partial charge in [-0.1, -0.05) is 36.9 Å². The molecule has 1 heterocycles. The molecule has 0 saturated carbocycles. The first-order valence-electron chi connectivity index (χ1n) is 4.72. The second-order valence-corrected chi connectivity index (χ2v) is 3.40. The average Bonchev–Trinajstić information content (AvgIpc) is 2.99. The summed E-state index contributed by atoms with van der Waals surface area (Å²) in [6, 6.07) is 8.40. The van der Waals surface area contributed by atoms with E-state index in [-0.39, 0.29) is 0 Å². The fourth-order valence-corrected chi connectivity index (χ4v) is 1.51. The van der Waals surface area contributed by atoms with Gasteiger partial charge in [0, 0.05) is 0 Å². The minimum atomic E-state index is 0.526. The largest absolute Gasteiger partial charge is 0.373 e. The van der Waals surface area contributed by atoms with Crippen LogP contribution in [0.5, 0.6) is 0 Å². The summed E-state index contributed by atoms with van der Waals surface area (Å²) in [6.45, 7) is 4.76. The number of epoxide rings is 1. The smallest absolute Gasteiger partial charge is 0.0813 e. The molecule has 1 unspecified atom stereocenters. The van der Waals surface area contributed by atoms with Crippen LogP contribution in [0.2, 0.25) is 0 Å². The Hall–Kier alpha value is -1.08. The van der Waals surface area contributed by atoms with Gasteiger partial charge in [0.1, 0.15) is 0 Å². The van der Waals surface area contributed by atoms with Crippen LogP contribution in [-0.2, 0) is 11.2 Å². The van der Waals surface area contributed by atoms with Gasteiger partial charge in [-0.3, -0.25) is 0 Å². The van der Waals surface area contributed by atoms with E-state index in [1.807, 2.05) is 12.1 Å². The first-order valence-corrected chi connectivity index (χ1v) is 4.72. The highest BCUT2D eigenvalue weighted by Gasteiger charge is 2.21. The predicted molar refractivity (Wildman–Crippen MR) is 54.6 cm³/mol. The van der Waals surface area contributed by atoms with E-state index in [4.69, 9.17) is 4.74 Å². The first-order chi connectivity index (χ1) is 6.40. The van der Waals surface area contributed by atoms with Crippen molar-refractivity contribution in [3.8, 4) is 0 Å². The van der Waals surface area contributed by atoms with Crippen molar-refractivity contribution in [2.24, 2.45) is 0 Å². The van der Waals surface area contributed by atoms with Crippen molar-refractivity contribution in [1.29, 1.82) is 0 Å². The molecule has 0 spiro atoms. The van der Waals surface area contributed by atoms with Crippen molar-refractivity contribution < 1.29 is 4.74 Å². The van der Waals surface area contributed by atoms with Gasteiger partial charge in [-0.2, -0.15) is 0 Å². The molecule has 1 nitrogen and oxygen atoms in total. The van der Waals surface area contributed by atoms with E-state index < -0.39 is 0 Å². The fourth-order valence-electron chi connectivity index (χ4n) is 1.51. The van der Waals surface area contributed by atoms with Crippen molar-refractivity contribution in [2.75, 3.05) is 6.61 Å². The Morgan fingerprint density at radius 1 is 1.46 bits per heavy atom. The molecular formula is C12H14O. The van der Waals surface area contributed by atoms with E-state index in [0.717, 1.165) is 19.4 Å². The summed E-state index contributed by atoms with van der Waals surface area (Å²) < 4.78 is 5.18. The maximum absolute atomic E-state index is 5.18. The average molecular weight is 174 g/mol. The maximum atomic E-state index is 5.18. The van der Waals surface area contributed by atoms with Crippen LogP contribution < -0.4 is 0 Å². The molecule has 1 atom stereocenters. The molecule has 1 aromatic carbocycles. The van der Waals surface area contributed by atoms with E-state index in [0.29, 0.717) is 6.10 Å². The summed E-state index contributed by atoms with van der Waals surface area (Å²) in [5.41, 5.74) is 2.64. The van der Waals surface area contributed by atoms with Crippen LogP contribution in [0.15, 0.2) is 30.8 Å². The Kier molecular flexibility index (Phi) is 2.46. The Morgan fingerprint density at radius 3 is 2.92 bits per heavy atom. The standard InChI is InChI=1S/C12H14O/c1-2-10-5-3-4-6-11(10)7-8-12-9-13-12/h2-6,12H,1,7-9H2. The summed E-state index contributed by atoms with van der Waals surface area (Å²) >= 11 is 0. The molecular weight excluding hydrogens is 160 g/mol. The van der Waals surface area contributed by atoms with Gasteiger partial charge in [0.15, 0.2) is 0 Å². The van der Waals surface area contributed by atoms with Gasteiger partial charge in [-0.15, -0.1) is 0 Å². The second kappa shape index (κ2) is 3.75. The molecule has 1 heteroatoms. The lowest BCUT2D eigenvalue weighted by atomic mass is 10.0. The van der Waals surface area contributed by atoms with E-state index in [2.05, 4.69) is 24.8 Å². The quantitative estimate of drug-likeness (QED) is 0.639. The molecule has 2 rings (SSSR count). The van der Waals surface area contributed by atoms with Gasteiger partial charge in [-0.05, 0) is 24.0 Å².